The number of hydrogen-bond donors (Lipinski definition) is 1. The molecule has 10 heteroatoms. The Kier molecular flexibility index (Phi) is 4.42. The van der Waals surface area contributed by atoms with Crippen LogP contribution in [0.25, 0.3) is 17.1 Å². The third-order valence-electron chi connectivity index (χ3n) is 3.35. The number of carbonyl (C=O) groups excluding carboxylic acids is 1. The van der Waals surface area contributed by atoms with Crippen LogP contribution in [-0.2, 0) is 6.18 Å². The molecular weight excluding hydrogens is 361 g/mol. The van der Waals surface area contributed by atoms with Crippen molar-refractivity contribution in [1.29, 1.82) is 0 Å². The highest BCUT2D eigenvalue weighted by Gasteiger charge is 2.37. The van der Waals surface area contributed by atoms with Crippen LogP contribution in [0.15, 0.2) is 28.9 Å². The molecule has 132 valence electrons. The first-order valence-corrected chi connectivity index (χ1v) is 7.69. The largest absolute Gasteiger partial charge is 0.463 e. The Morgan fingerprint density at radius 1 is 1.44 bits per heavy atom. The van der Waals surface area contributed by atoms with E-state index in [1.165, 1.54) is 18.4 Å². The molecule has 0 aromatic carbocycles. The molecule has 0 bridgehead atoms. The second-order valence-electron chi connectivity index (χ2n) is 5.16. The van der Waals surface area contributed by atoms with Crippen LogP contribution in [0.1, 0.15) is 29.5 Å². The monoisotopic (exact) mass is 372 g/mol. The average molecular weight is 373 g/mol. The first-order valence-electron chi connectivity index (χ1n) is 7.31. The summed E-state index contributed by atoms with van der Waals surface area (Å²) in [5.74, 6) is -0.521. The molecule has 1 N–H and O–H groups in total. The van der Waals surface area contributed by atoms with E-state index in [-0.39, 0.29) is 27.8 Å². The van der Waals surface area contributed by atoms with Crippen molar-refractivity contribution in [3.05, 3.63) is 40.9 Å². The van der Waals surface area contributed by atoms with Gasteiger partial charge in [0.1, 0.15) is 10.7 Å². The average Bonchev–Trinajstić information content (AvgIpc) is 3.19. The van der Waals surface area contributed by atoms with Gasteiger partial charge in [0.25, 0.3) is 5.91 Å². The number of carbonyl (C=O) groups is 1. The molecule has 0 aliphatic rings. The molecular formula is C15H12ClF3N4O2. The lowest BCUT2D eigenvalue weighted by Crippen LogP contribution is -2.24. The minimum Gasteiger partial charge on any atom is -0.463 e. The smallest absolute Gasteiger partial charge is 0.433 e. The van der Waals surface area contributed by atoms with Crippen LogP contribution in [0.4, 0.5) is 13.2 Å². The number of halogens is 4. The molecule has 0 saturated carbocycles. The molecule has 0 aliphatic carbocycles. The zero-order chi connectivity index (χ0) is 18.2. The molecule has 3 aromatic heterocycles. The van der Waals surface area contributed by atoms with Gasteiger partial charge in [-0.05, 0) is 24.6 Å². The van der Waals surface area contributed by atoms with Crippen molar-refractivity contribution in [1.82, 2.24) is 19.9 Å². The third-order valence-corrected chi connectivity index (χ3v) is 3.70. The van der Waals surface area contributed by atoms with Crippen molar-refractivity contribution < 1.29 is 22.4 Å². The maximum Gasteiger partial charge on any atom is 0.433 e. The quantitative estimate of drug-likeness (QED) is 0.756. The van der Waals surface area contributed by atoms with Crippen LogP contribution >= 0.6 is 11.6 Å². The Labute approximate surface area is 144 Å². The summed E-state index contributed by atoms with van der Waals surface area (Å²) >= 11 is 6.08. The van der Waals surface area contributed by atoms with Crippen molar-refractivity contribution in [2.45, 2.75) is 19.5 Å². The van der Waals surface area contributed by atoms with Gasteiger partial charge in [0.15, 0.2) is 22.8 Å². The second-order valence-corrected chi connectivity index (χ2v) is 5.53. The van der Waals surface area contributed by atoms with Crippen LogP contribution in [0.2, 0.25) is 5.02 Å². The van der Waals surface area contributed by atoms with E-state index < -0.39 is 17.8 Å². The van der Waals surface area contributed by atoms with Crippen molar-refractivity contribution in [2.75, 3.05) is 6.54 Å². The van der Waals surface area contributed by atoms with Gasteiger partial charge in [-0.2, -0.15) is 18.3 Å². The molecule has 1 amide bonds. The summed E-state index contributed by atoms with van der Waals surface area (Å²) in [6.45, 7) is 2.19. The van der Waals surface area contributed by atoms with Crippen LogP contribution < -0.4 is 5.32 Å². The molecule has 6 nitrogen and oxygen atoms in total. The summed E-state index contributed by atoms with van der Waals surface area (Å²) in [6.07, 6.45) is -2.75. The Hall–Kier alpha value is -2.55. The fourth-order valence-corrected chi connectivity index (χ4v) is 2.46. The minimum atomic E-state index is -4.73. The molecule has 0 atom stereocenters. The molecule has 0 aliphatic heterocycles. The van der Waals surface area contributed by atoms with Crippen LogP contribution in [0.5, 0.6) is 0 Å². The number of alkyl halides is 3. The van der Waals surface area contributed by atoms with E-state index in [1.54, 1.807) is 0 Å². The second kappa shape index (κ2) is 6.40. The highest BCUT2D eigenvalue weighted by atomic mass is 35.5. The molecule has 0 spiro atoms. The van der Waals surface area contributed by atoms with Crippen LogP contribution in [0, 0.1) is 0 Å². The lowest BCUT2D eigenvalue weighted by atomic mass is 10.2. The Bertz CT molecular complexity index is 919. The molecule has 3 heterocycles. The highest BCUT2D eigenvalue weighted by molar-refractivity contribution is 6.36. The Morgan fingerprint density at radius 2 is 2.20 bits per heavy atom. The lowest BCUT2D eigenvalue weighted by molar-refractivity contribution is -0.142. The van der Waals surface area contributed by atoms with Gasteiger partial charge in [0.2, 0.25) is 0 Å². The van der Waals surface area contributed by atoms with Gasteiger partial charge in [-0.1, -0.05) is 18.5 Å². The molecule has 3 rings (SSSR count). The van der Waals surface area contributed by atoms with Gasteiger partial charge in [0.05, 0.1) is 6.26 Å². The van der Waals surface area contributed by atoms with Gasteiger partial charge >= 0.3 is 6.18 Å². The first-order chi connectivity index (χ1) is 11.8. The fraction of sp³-hybridized carbons (Fsp3) is 0.267. The molecule has 0 saturated heterocycles. The molecule has 0 unspecified atom stereocenters. The summed E-state index contributed by atoms with van der Waals surface area (Å²) in [4.78, 5) is 16.1. The van der Waals surface area contributed by atoms with E-state index in [0.29, 0.717) is 17.5 Å². The normalized spacial score (nSPS) is 11.9. The summed E-state index contributed by atoms with van der Waals surface area (Å²) in [7, 11) is 0. The van der Waals surface area contributed by atoms with Crippen molar-refractivity contribution in [2.24, 2.45) is 0 Å². The minimum absolute atomic E-state index is 0.0628. The lowest BCUT2D eigenvalue weighted by Gasteiger charge is -2.09. The zero-order valence-corrected chi connectivity index (χ0v) is 13.6. The SMILES string of the molecule is CCCNC(=O)c1nn2c(C(F)(F)F)cc(-c3ccco3)nc2c1Cl. The van der Waals surface area contributed by atoms with Gasteiger partial charge in [0, 0.05) is 6.54 Å². The predicted molar refractivity (Wildman–Crippen MR) is 83.3 cm³/mol. The van der Waals surface area contributed by atoms with Crippen LogP contribution in [0.3, 0.4) is 0 Å². The maximum absolute atomic E-state index is 13.4. The summed E-state index contributed by atoms with van der Waals surface area (Å²) in [5, 5.41) is 5.98. The van der Waals surface area contributed by atoms with Crippen molar-refractivity contribution in [3.8, 4) is 11.5 Å². The standard InChI is InChI=1S/C15H12ClF3N4O2/c1-2-5-20-14(24)12-11(16)13-21-8(9-4-3-6-25-9)7-10(15(17,18)19)23(13)22-12/h3-4,6-7H,2,5H2,1H3,(H,20,24). The number of rotatable bonds is 4. The highest BCUT2D eigenvalue weighted by Crippen LogP contribution is 2.34. The van der Waals surface area contributed by atoms with Crippen molar-refractivity contribution in [3.63, 3.8) is 0 Å². The molecule has 0 fully saturated rings. The van der Waals surface area contributed by atoms with E-state index in [4.69, 9.17) is 16.0 Å². The van der Waals surface area contributed by atoms with E-state index >= 15 is 0 Å². The molecule has 3 aromatic rings. The number of furan rings is 1. The fourth-order valence-electron chi connectivity index (χ4n) is 2.21. The third kappa shape index (κ3) is 3.19. The van der Waals surface area contributed by atoms with Crippen LogP contribution in [-0.4, -0.2) is 27.0 Å². The van der Waals surface area contributed by atoms with Gasteiger partial charge < -0.3 is 9.73 Å². The van der Waals surface area contributed by atoms with Crippen molar-refractivity contribution >= 4 is 23.2 Å². The Balaban J connectivity index is 2.22. The number of nitrogens with zero attached hydrogens (tertiary/aromatic N) is 3. The maximum atomic E-state index is 13.4. The molecule has 0 radical (unpaired) electrons. The molecule has 25 heavy (non-hydrogen) atoms. The van der Waals surface area contributed by atoms with Gasteiger partial charge in [-0.3, -0.25) is 4.79 Å². The van der Waals surface area contributed by atoms with Gasteiger partial charge in [-0.25, -0.2) is 9.50 Å². The number of amides is 1. The van der Waals surface area contributed by atoms with E-state index in [0.717, 1.165) is 6.07 Å². The predicted octanol–water partition coefficient (Wildman–Crippen LogP) is 3.80. The summed E-state index contributed by atoms with van der Waals surface area (Å²) in [5.41, 5.74) is -1.76. The van der Waals surface area contributed by atoms with Gasteiger partial charge in [-0.15, -0.1) is 0 Å². The number of fused-ring (bicyclic) bond motifs is 1. The topological polar surface area (TPSA) is 72.4 Å². The number of nitrogens with one attached hydrogen (secondary N) is 1. The summed E-state index contributed by atoms with van der Waals surface area (Å²) in [6, 6.07) is 3.79. The number of aromatic nitrogens is 3. The Morgan fingerprint density at radius 3 is 2.80 bits per heavy atom. The first kappa shape index (κ1) is 17.3. The van der Waals surface area contributed by atoms with E-state index in [2.05, 4.69) is 15.4 Å². The van der Waals surface area contributed by atoms with E-state index in [9.17, 15) is 18.0 Å². The zero-order valence-electron chi connectivity index (χ0n) is 12.9. The van der Waals surface area contributed by atoms with E-state index in [1.807, 2.05) is 6.92 Å². The number of hydrogen-bond acceptors (Lipinski definition) is 4. The summed E-state index contributed by atoms with van der Waals surface area (Å²) < 4.78 is 45.9.